The molecule has 5 rings (SSSR count). The van der Waals surface area contributed by atoms with Crippen molar-refractivity contribution in [3.05, 3.63) is 112 Å². The van der Waals surface area contributed by atoms with Crippen LogP contribution in [0.15, 0.2) is 83.7 Å². The third-order valence-corrected chi connectivity index (χ3v) is 6.31. The van der Waals surface area contributed by atoms with Crippen LogP contribution in [0.4, 0.5) is 4.39 Å². The van der Waals surface area contributed by atoms with Crippen molar-refractivity contribution in [2.24, 2.45) is 0 Å². The summed E-state index contributed by atoms with van der Waals surface area (Å²) < 4.78 is 16.7. The molecule has 9 heteroatoms. The molecule has 1 N–H and O–H groups in total. The van der Waals surface area contributed by atoms with Gasteiger partial charge in [0.1, 0.15) is 6.67 Å². The summed E-state index contributed by atoms with van der Waals surface area (Å²) in [5, 5.41) is 14.3. The predicted octanol–water partition coefficient (Wildman–Crippen LogP) is 4.66. The molecule has 0 aliphatic rings. The number of hydrogen-bond donors (Lipinski definition) is 1. The molecule has 2 heterocycles. The van der Waals surface area contributed by atoms with Gasteiger partial charge in [-0.05, 0) is 40.5 Å². The monoisotopic (exact) mass is 496 g/mol. The molecule has 186 valence electrons. The van der Waals surface area contributed by atoms with E-state index in [1.165, 1.54) is 4.57 Å². The highest BCUT2D eigenvalue weighted by Gasteiger charge is 2.24. The van der Waals surface area contributed by atoms with E-state index in [2.05, 4.69) is 20.6 Å². The van der Waals surface area contributed by atoms with Crippen molar-refractivity contribution in [2.45, 2.75) is 33.0 Å². The van der Waals surface area contributed by atoms with Crippen LogP contribution in [0.3, 0.4) is 0 Å². The van der Waals surface area contributed by atoms with Gasteiger partial charge in [-0.1, -0.05) is 80.1 Å². The number of imidazole rings is 1. The zero-order valence-corrected chi connectivity index (χ0v) is 20.3. The molecule has 0 atom stereocenters. The lowest BCUT2D eigenvalue weighted by molar-refractivity contribution is 0.0950. The normalized spacial score (nSPS) is 11.1. The molecule has 0 radical (unpaired) electrons. The van der Waals surface area contributed by atoms with Crippen molar-refractivity contribution >= 4 is 5.91 Å². The Morgan fingerprint density at radius 1 is 0.919 bits per heavy atom. The molecular formula is C28H25FN6O2. The quantitative estimate of drug-likeness (QED) is 0.337. The zero-order valence-electron chi connectivity index (χ0n) is 20.3. The maximum Gasteiger partial charge on any atom is 0.336 e. The van der Waals surface area contributed by atoms with Gasteiger partial charge >= 0.3 is 5.69 Å². The fourth-order valence-electron chi connectivity index (χ4n) is 4.55. The highest BCUT2D eigenvalue weighted by Crippen LogP contribution is 2.30. The number of nitrogens with zero attached hydrogens (tertiary/aromatic N) is 5. The van der Waals surface area contributed by atoms with Gasteiger partial charge in [0.15, 0.2) is 0 Å². The molecule has 0 aliphatic carbocycles. The number of carbonyl (C=O) groups excluding carboxylic acids is 1. The summed E-state index contributed by atoms with van der Waals surface area (Å²) in [7, 11) is 0. The summed E-state index contributed by atoms with van der Waals surface area (Å²) in [5.41, 5.74) is 4.06. The van der Waals surface area contributed by atoms with E-state index >= 15 is 0 Å². The van der Waals surface area contributed by atoms with E-state index < -0.39 is 18.3 Å². The van der Waals surface area contributed by atoms with Crippen LogP contribution in [-0.4, -0.2) is 35.7 Å². The Hall–Kier alpha value is -4.66. The molecule has 0 unspecified atom stereocenters. The molecular weight excluding hydrogens is 471 g/mol. The minimum Gasteiger partial charge on any atom is -0.291 e. The first-order valence-corrected chi connectivity index (χ1v) is 12.0. The van der Waals surface area contributed by atoms with Crippen LogP contribution < -0.4 is 5.69 Å². The largest absolute Gasteiger partial charge is 0.336 e. The van der Waals surface area contributed by atoms with Gasteiger partial charge < -0.3 is 0 Å². The van der Waals surface area contributed by atoms with Gasteiger partial charge in [-0.2, -0.15) is 5.21 Å². The summed E-state index contributed by atoms with van der Waals surface area (Å²) in [6, 6.07) is 24.0. The minimum atomic E-state index is -0.901. The summed E-state index contributed by atoms with van der Waals surface area (Å²) >= 11 is 0. The van der Waals surface area contributed by atoms with Crippen molar-refractivity contribution in [2.75, 3.05) is 0 Å². The van der Waals surface area contributed by atoms with E-state index in [-0.39, 0.29) is 12.2 Å². The molecule has 0 bridgehead atoms. The molecule has 0 spiro atoms. The Labute approximate surface area is 212 Å². The van der Waals surface area contributed by atoms with Gasteiger partial charge in [-0.15, -0.1) is 10.2 Å². The number of benzene rings is 3. The number of halogens is 1. The Kier molecular flexibility index (Phi) is 6.85. The average molecular weight is 497 g/mol. The molecule has 0 fully saturated rings. The second-order valence-corrected chi connectivity index (χ2v) is 8.63. The summed E-state index contributed by atoms with van der Waals surface area (Å²) in [6.45, 7) is 1.29. The van der Waals surface area contributed by atoms with Gasteiger partial charge in [0.05, 0.1) is 12.2 Å². The number of rotatable bonds is 8. The Morgan fingerprint density at radius 3 is 2.27 bits per heavy atom. The third kappa shape index (κ3) is 4.63. The van der Waals surface area contributed by atoms with E-state index in [9.17, 15) is 14.0 Å². The fourth-order valence-corrected chi connectivity index (χ4v) is 4.55. The first-order valence-electron chi connectivity index (χ1n) is 12.0. The summed E-state index contributed by atoms with van der Waals surface area (Å²) in [6.07, 6.45) is 1.20. The Morgan fingerprint density at radius 2 is 1.62 bits per heavy atom. The topological polar surface area (TPSA) is 98.5 Å². The van der Waals surface area contributed by atoms with Crippen molar-refractivity contribution in [1.82, 2.24) is 29.8 Å². The molecule has 8 nitrogen and oxygen atoms in total. The molecule has 0 aliphatic heterocycles. The highest BCUT2D eigenvalue weighted by molar-refractivity contribution is 5.96. The van der Waals surface area contributed by atoms with Gasteiger partial charge in [-0.25, -0.2) is 13.8 Å². The number of tetrazole rings is 1. The number of carbonyl (C=O) groups is 1. The third-order valence-electron chi connectivity index (χ3n) is 6.31. The Bertz CT molecular complexity index is 1570. The summed E-state index contributed by atoms with van der Waals surface area (Å²) in [5.74, 6) is -0.0265. The van der Waals surface area contributed by atoms with Crippen LogP contribution in [0.25, 0.3) is 22.5 Å². The lowest BCUT2D eigenvalue weighted by atomic mass is 9.98. The molecule has 0 amide bonds. The van der Waals surface area contributed by atoms with Crippen molar-refractivity contribution in [3.8, 4) is 22.5 Å². The van der Waals surface area contributed by atoms with Crippen LogP contribution in [-0.2, 0) is 19.6 Å². The average Bonchev–Trinajstić information content (AvgIpc) is 3.57. The van der Waals surface area contributed by atoms with Crippen molar-refractivity contribution in [3.63, 3.8) is 0 Å². The van der Waals surface area contributed by atoms with E-state index in [4.69, 9.17) is 0 Å². The number of H-pyrrole nitrogens is 1. The van der Waals surface area contributed by atoms with E-state index in [0.717, 1.165) is 26.8 Å². The number of aromatic amines is 1. The number of aromatic nitrogens is 6. The first-order chi connectivity index (χ1) is 18.1. The Balaban J connectivity index is 1.51. The van der Waals surface area contributed by atoms with Crippen LogP contribution >= 0.6 is 0 Å². The SMILES string of the molecule is CCCc1c(CF)n(C(=O)c2ccccc2)c(=O)n1Cc1ccc(-c2ccccc2-c2nn[nH]n2)cc1. The minimum absolute atomic E-state index is 0.117. The van der Waals surface area contributed by atoms with Gasteiger partial charge in [0.2, 0.25) is 5.82 Å². The van der Waals surface area contributed by atoms with Crippen LogP contribution in [0.1, 0.15) is 40.7 Å². The van der Waals surface area contributed by atoms with Crippen LogP contribution in [0.5, 0.6) is 0 Å². The second kappa shape index (κ2) is 10.5. The summed E-state index contributed by atoms with van der Waals surface area (Å²) in [4.78, 5) is 26.6. The molecule has 3 aromatic carbocycles. The fraction of sp³-hybridized carbons (Fsp3) is 0.179. The first kappa shape index (κ1) is 24.1. The van der Waals surface area contributed by atoms with E-state index in [0.29, 0.717) is 29.9 Å². The molecule has 5 aromatic rings. The van der Waals surface area contributed by atoms with Crippen LogP contribution in [0.2, 0.25) is 0 Å². The highest BCUT2D eigenvalue weighted by atomic mass is 19.1. The zero-order chi connectivity index (χ0) is 25.8. The molecule has 0 saturated heterocycles. The van der Waals surface area contributed by atoms with E-state index in [1.807, 2.05) is 55.5 Å². The number of nitrogens with one attached hydrogen (secondary N) is 1. The maximum absolute atomic E-state index is 14.2. The van der Waals surface area contributed by atoms with Gasteiger partial charge in [0.25, 0.3) is 5.91 Å². The second-order valence-electron chi connectivity index (χ2n) is 8.63. The molecule has 2 aromatic heterocycles. The molecule has 0 saturated carbocycles. The smallest absolute Gasteiger partial charge is 0.291 e. The van der Waals surface area contributed by atoms with Gasteiger partial charge in [-0.3, -0.25) is 9.36 Å². The van der Waals surface area contributed by atoms with Crippen molar-refractivity contribution in [1.29, 1.82) is 0 Å². The number of alkyl halides is 1. The lowest BCUT2D eigenvalue weighted by Gasteiger charge is -2.10. The standard InChI is InChI=1S/C28H25FN6O2/c1-2-8-24-25(17-29)35(27(36)21-9-4-3-5-10-21)28(37)34(24)18-19-13-15-20(16-14-19)22-11-6-7-12-23(22)26-30-32-33-31-26/h3-7,9-16H,2,8,17-18H2,1H3,(H,30,31,32,33). The van der Waals surface area contributed by atoms with E-state index in [1.54, 1.807) is 30.3 Å². The van der Waals surface area contributed by atoms with Gasteiger partial charge in [0, 0.05) is 16.8 Å². The van der Waals surface area contributed by atoms with Crippen molar-refractivity contribution < 1.29 is 9.18 Å². The number of hydrogen-bond acceptors (Lipinski definition) is 5. The molecule has 37 heavy (non-hydrogen) atoms. The van der Waals surface area contributed by atoms with Crippen LogP contribution in [0, 0.1) is 0 Å². The lowest BCUT2D eigenvalue weighted by Crippen LogP contribution is -2.31. The maximum atomic E-state index is 14.2. The predicted molar refractivity (Wildman–Crippen MR) is 138 cm³/mol.